The largest absolute Gasteiger partial charge is 0.494 e. The minimum absolute atomic E-state index is 0.0565. The van der Waals surface area contributed by atoms with Crippen molar-refractivity contribution in [3.8, 4) is 22.6 Å². The monoisotopic (exact) mass is 376 g/mol. The molecule has 0 aliphatic carbocycles. The van der Waals surface area contributed by atoms with Crippen molar-refractivity contribution in [1.29, 1.82) is 0 Å². The smallest absolute Gasteiger partial charge is 0.147 e. The van der Waals surface area contributed by atoms with E-state index in [9.17, 15) is 13.5 Å². The lowest BCUT2D eigenvalue weighted by Crippen LogP contribution is -2.08. The third-order valence-corrected chi connectivity index (χ3v) is 5.50. The summed E-state index contributed by atoms with van der Waals surface area (Å²) in [5.74, 6) is 1.62. The number of hydrogen-bond donors (Lipinski definition) is 1. The van der Waals surface area contributed by atoms with Crippen molar-refractivity contribution in [2.45, 2.75) is 26.4 Å². The summed E-state index contributed by atoms with van der Waals surface area (Å²) in [6.07, 6.45) is 2.45. The molecule has 1 aliphatic rings. The molecule has 0 saturated carbocycles. The van der Waals surface area contributed by atoms with E-state index in [4.69, 9.17) is 9.47 Å². The molecule has 0 aromatic heterocycles. The second-order valence-corrected chi connectivity index (χ2v) is 8.92. The zero-order valence-corrected chi connectivity index (χ0v) is 15.9. The predicted molar refractivity (Wildman–Crippen MR) is 102 cm³/mol. The molecule has 2 aromatic rings. The number of fused-ring (bicyclic) bond motifs is 3. The summed E-state index contributed by atoms with van der Waals surface area (Å²) in [7, 11) is -2.96. The maximum atomic E-state index is 11.2. The van der Waals surface area contributed by atoms with E-state index in [1.54, 1.807) is 0 Å². The van der Waals surface area contributed by atoms with E-state index in [0.29, 0.717) is 19.6 Å². The molecule has 3 rings (SSSR count). The van der Waals surface area contributed by atoms with Gasteiger partial charge in [0.25, 0.3) is 0 Å². The Bertz CT molecular complexity index is 903. The zero-order chi connectivity index (χ0) is 18.7. The van der Waals surface area contributed by atoms with Crippen LogP contribution in [0.15, 0.2) is 30.3 Å². The average Bonchev–Trinajstić information content (AvgIpc) is 2.77. The Balaban J connectivity index is 1.88. The Hall–Kier alpha value is -2.05. The summed E-state index contributed by atoms with van der Waals surface area (Å²) in [6, 6.07) is 9.79. The molecule has 0 unspecified atom stereocenters. The van der Waals surface area contributed by atoms with Gasteiger partial charge in [0, 0.05) is 23.8 Å². The molecule has 1 N–H and O–H groups in total. The van der Waals surface area contributed by atoms with E-state index < -0.39 is 9.84 Å². The van der Waals surface area contributed by atoms with Crippen LogP contribution in [0.4, 0.5) is 0 Å². The summed E-state index contributed by atoms with van der Waals surface area (Å²) in [4.78, 5) is 0. The number of hydrogen-bond acceptors (Lipinski definition) is 5. The highest BCUT2D eigenvalue weighted by Crippen LogP contribution is 2.41. The van der Waals surface area contributed by atoms with Crippen LogP contribution in [-0.4, -0.2) is 38.7 Å². The molecule has 0 radical (unpaired) electrons. The first-order valence-electron chi connectivity index (χ1n) is 8.69. The van der Waals surface area contributed by atoms with E-state index in [1.807, 2.05) is 37.3 Å². The van der Waals surface area contributed by atoms with E-state index in [1.165, 1.54) is 6.26 Å². The third kappa shape index (κ3) is 4.19. The van der Waals surface area contributed by atoms with Crippen LogP contribution < -0.4 is 9.47 Å². The highest BCUT2D eigenvalue weighted by Gasteiger charge is 2.20. The second kappa shape index (κ2) is 7.68. The fourth-order valence-electron chi connectivity index (χ4n) is 3.34. The standard InChI is InChI=1S/C20H24O5S/c1-14-11-17(24-8-4-10-26(2,22)23)12-15-7-9-25-20-16(13-21)5-3-6-18(20)19(14)15/h3,5-6,11-12,21H,4,7-10,13H2,1-2H3. The number of sulfone groups is 1. The molecule has 26 heavy (non-hydrogen) atoms. The van der Waals surface area contributed by atoms with E-state index in [2.05, 4.69) is 0 Å². The summed E-state index contributed by atoms with van der Waals surface area (Å²) >= 11 is 0. The summed E-state index contributed by atoms with van der Waals surface area (Å²) in [5.41, 5.74) is 5.11. The van der Waals surface area contributed by atoms with Gasteiger partial charge in [0.1, 0.15) is 21.3 Å². The Labute approximate surface area is 154 Å². The van der Waals surface area contributed by atoms with Gasteiger partial charge in [0.05, 0.1) is 25.6 Å². The number of aryl methyl sites for hydroxylation is 1. The molecule has 2 aromatic carbocycles. The summed E-state index contributed by atoms with van der Waals surface area (Å²) in [5, 5.41) is 9.58. The maximum Gasteiger partial charge on any atom is 0.147 e. The molecule has 6 heteroatoms. The van der Waals surface area contributed by atoms with E-state index >= 15 is 0 Å². The second-order valence-electron chi connectivity index (χ2n) is 6.66. The fourth-order valence-corrected chi connectivity index (χ4v) is 3.98. The lowest BCUT2D eigenvalue weighted by atomic mass is 9.92. The van der Waals surface area contributed by atoms with Crippen molar-refractivity contribution in [3.63, 3.8) is 0 Å². The zero-order valence-electron chi connectivity index (χ0n) is 15.1. The lowest BCUT2D eigenvalue weighted by Gasteiger charge is -2.16. The molecule has 0 bridgehead atoms. The fraction of sp³-hybridized carbons (Fsp3) is 0.400. The van der Waals surface area contributed by atoms with Gasteiger partial charge >= 0.3 is 0 Å². The van der Waals surface area contributed by atoms with E-state index in [0.717, 1.165) is 45.7 Å². The van der Waals surface area contributed by atoms with Crippen molar-refractivity contribution in [1.82, 2.24) is 0 Å². The normalized spacial score (nSPS) is 13.3. The molecule has 0 amide bonds. The van der Waals surface area contributed by atoms with Crippen molar-refractivity contribution in [2.75, 3.05) is 25.2 Å². The van der Waals surface area contributed by atoms with Crippen LogP contribution in [0.3, 0.4) is 0 Å². The minimum Gasteiger partial charge on any atom is -0.494 e. The Morgan fingerprint density at radius 1 is 1.27 bits per heavy atom. The van der Waals surface area contributed by atoms with Gasteiger partial charge in [-0.25, -0.2) is 8.42 Å². The van der Waals surface area contributed by atoms with Crippen LogP contribution in [0.1, 0.15) is 23.1 Å². The Morgan fingerprint density at radius 2 is 2.08 bits per heavy atom. The third-order valence-electron chi connectivity index (χ3n) is 4.47. The number of rotatable bonds is 6. The molecule has 1 heterocycles. The van der Waals surface area contributed by atoms with Crippen molar-refractivity contribution >= 4 is 9.84 Å². The molecule has 0 saturated heterocycles. The quantitative estimate of drug-likeness (QED) is 0.785. The lowest BCUT2D eigenvalue weighted by molar-refractivity contribution is 0.265. The highest BCUT2D eigenvalue weighted by atomic mass is 32.2. The van der Waals surface area contributed by atoms with Gasteiger partial charge in [0.2, 0.25) is 0 Å². The van der Waals surface area contributed by atoms with Gasteiger partial charge in [-0.2, -0.15) is 0 Å². The first-order valence-corrected chi connectivity index (χ1v) is 10.7. The average molecular weight is 376 g/mol. The van der Waals surface area contributed by atoms with Crippen LogP contribution in [0, 0.1) is 6.92 Å². The molecule has 0 atom stereocenters. The van der Waals surface area contributed by atoms with Crippen LogP contribution in [0.5, 0.6) is 11.5 Å². The number of para-hydroxylation sites is 1. The number of benzene rings is 2. The van der Waals surface area contributed by atoms with Gasteiger partial charge in [-0.1, -0.05) is 18.2 Å². The van der Waals surface area contributed by atoms with Gasteiger partial charge in [-0.05, 0) is 42.2 Å². The summed E-state index contributed by atoms with van der Waals surface area (Å²) < 4.78 is 34.1. The van der Waals surface area contributed by atoms with Crippen LogP contribution in [0.2, 0.25) is 0 Å². The minimum atomic E-state index is -2.96. The van der Waals surface area contributed by atoms with Gasteiger partial charge in [0.15, 0.2) is 0 Å². The SMILES string of the molecule is Cc1cc(OCCCS(C)(=O)=O)cc2c1-c1cccc(CO)c1OCC2. The van der Waals surface area contributed by atoms with Gasteiger partial charge in [-0.3, -0.25) is 0 Å². The first-order chi connectivity index (χ1) is 12.4. The van der Waals surface area contributed by atoms with E-state index in [-0.39, 0.29) is 12.4 Å². The molecule has 140 valence electrons. The topological polar surface area (TPSA) is 72.8 Å². The van der Waals surface area contributed by atoms with Crippen LogP contribution in [0.25, 0.3) is 11.1 Å². The predicted octanol–water partition coefficient (Wildman–Crippen LogP) is 2.90. The Morgan fingerprint density at radius 3 is 2.81 bits per heavy atom. The molecular weight excluding hydrogens is 352 g/mol. The number of ether oxygens (including phenoxy) is 2. The van der Waals surface area contributed by atoms with Crippen molar-refractivity contribution < 1.29 is 23.0 Å². The molecule has 0 spiro atoms. The molecule has 5 nitrogen and oxygen atoms in total. The van der Waals surface area contributed by atoms with Crippen molar-refractivity contribution in [2.24, 2.45) is 0 Å². The number of aliphatic hydroxyl groups is 1. The van der Waals surface area contributed by atoms with Crippen LogP contribution in [-0.2, 0) is 22.9 Å². The highest BCUT2D eigenvalue weighted by molar-refractivity contribution is 7.90. The molecule has 0 fully saturated rings. The molecular formula is C20H24O5S. The van der Waals surface area contributed by atoms with Gasteiger partial charge in [-0.15, -0.1) is 0 Å². The summed E-state index contributed by atoms with van der Waals surface area (Å²) in [6.45, 7) is 2.88. The van der Waals surface area contributed by atoms with Crippen LogP contribution >= 0.6 is 0 Å². The number of aliphatic hydroxyl groups excluding tert-OH is 1. The van der Waals surface area contributed by atoms with Gasteiger partial charge < -0.3 is 14.6 Å². The molecule has 1 aliphatic heterocycles. The Kier molecular flexibility index (Phi) is 5.53. The van der Waals surface area contributed by atoms with Crippen molar-refractivity contribution in [3.05, 3.63) is 47.0 Å². The maximum absolute atomic E-state index is 11.2. The first kappa shape index (κ1) is 18.7.